The van der Waals surface area contributed by atoms with Crippen LogP contribution in [0.2, 0.25) is 0 Å². The van der Waals surface area contributed by atoms with Gasteiger partial charge in [-0.1, -0.05) is 13.8 Å². The summed E-state index contributed by atoms with van der Waals surface area (Å²) in [5.74, 6) is 1.13. The van der Waals surface area contributed by atoms with Gasteiger partial charge in [0.05, 0.1) is 12.7 Å². The summed E-state index contributed by atoms with van der Waals surface area (Å²) in [7, 11) is 0. The van der Waals surface area contributed by atoms with Crippen molar-refractivity contribution in [1.29, 1.82) is 0 Å². The molecule has 1 aliphatic rings. The van der Waals surface area contributed by atoms with Crippen LogP contribution in [-0.4, -0.2) is 36.8 Å². The highest BCUT2D eigenvalue weighted by Crippen LogP contribution is 2.09. The Kier molecular flexibility index (Phi) is 4.26. The molecule has 0 aliphatic carbocycles. The van der Waals surface area contributed by atoms with Gasteiger partial charge in [-0.2, -0.15) is 11.8 Å². The molecule has 1 rings (SSSR count). The van der Waals surface area contributed by atoms with Crippen LogP contribution in [0.5, 0.6) is 0 Å². The molecule has 0 bridgehead atoms. The quantitative estimate of drug-likeness (QED) is 0.633. The third-order valence-corrected chi connectivity index (χ3v) is 2.70. The van der Waals surface area contributed by atoms with Gasteiger partial charge in [-0.05, 0) is 5.25 Å². The number of rotatable bonds is 5. The highest BCUT2D eigenvalue weighted by molar-refractivity contribution is 7.99. The van der Waals surface area contributed by atoms with Crippen LogP contribution in [-0.2, 0) is 4.74 Å². The summed E-state index contributed by atoms with van der Waals surface area (Å²) >= 11 is 1.96. The van der Waals surface area contributed by atoms with Crippen molar-refractivity contribution >= 4 is 11.8 Å². The van der Waals surface area contributed by atoms with Gasteiger partial charge >= 0.3 is 0 Å². The van der Waals surface area contributed by atoms with E-state index in [2.05, 4.69) is 19.2 Å². The minimum absolute atomic E-state index is 0.503. The van der Waals surface area contributed by atoms with Gasteiger partial charge in [-0.25, -0.2) is 0 Å². The van der Waals surface area contributed by atoms with Crippen molar-refractivity contribution < 1.29 is 4.74 Å². The summed E-state index contributed by atoms with van der Waals surface area (Å²) in [6, 6.07) is 0. The summed E-state index contributed by atoms with van der Waals surface area (Å²) in [5.41, 5.74) is 0. The zero-order valence-electron chi connectivity index (χ0n) is 7.30. The molecule has 11 heavy (non-hydrogen) atoms. The van der Waals surface area contributed by atoms with E-state index < -0.39 is 0 Å². The maximum absolute atomic E-state index is 5.54. The highest BCUT2D eigenvalue weighted by Gasteiger charge is 2.16. The van der Waals surface area contributed by atoms with Gasteiger partial charge in [0.25, 0.3) is 0 Å². The Balaban J connectivity index is 1.80. The molecular formula is C8H17NOS. The molecule has 0 aromatic heterocycles. The Labute approximate surface area is 73.1 Å². The van der Waals surface area contributed by atoms with Crippen LogP contribution in [0.4, 0.5) is 0 Å². The molecule has 0 atom stereocenters. The molecule has 66 valence electrons. The molecule has 0 aromatic carbocycles. The van der Waals surface area contributed by atoms with Crippen molar-refractivity contribution in [2.24, 2.45) is 0 Å². The normalized spacial score (nSPS) is 18.8. The van der Waals surface area contributed by atoms with Gasteiger partial charge in [0.1, 0.15) is 0 Å². The summed E-state index contributed by atoms with van der Waals surface area (Å²) < 4.78 is 5.54. The van der Waals surface area contributed by atoms with E-state index in [0.717, 1.165) is 30.7 Å². The summed E-state index contributed by atoms with van der Waals surface area (Å²) in [5, 5.41) is 3.91. The first-order valence-electron chi connectivity index (χ1n) is 4.23. The van der Waals surface area contributed by atoms with Gasteiger partial charge in [0.2, 0.25) is 0 Å². The van der Waals surface area contributed by atoms with E-state index in [0.29, 0.717) is 6.10 Å². The molecule has 1 heterocycles. The predicted octanol–water partition coefficient (Wildman–Crippen LogP) is 1.12. The summed E-state index contributed by atoms with van der Waals surface area (Å²) in [4.78, 5) is 0. The summed E-state index contributed by atoms with van der Waals surface area (Å²) in [6.45, 7) is 7.44. The maximum Gasteiger partial charge on any atom is 0.0823 e. The number of nitrogens with one attached hydrogen (secondary N) is 1. The zero-order chi connectivity index (χ0) is 8.10. The van der Waals surface area contributed by atoms with Crippen molar-refractivity contribution in [1.82, 2.24) is 5.32 Å². The van der Waals surface area contributed by atoms with Crippen LogP contribution in [0.1, 0.15) is 13.8 Å². The van der Waals surface area contributed by atoms with E-state index in [-0.39, 0.29) is 0 Å². The van der Waals surface area contributed by atoms with Crippen LogP contribution in [0.25, 0.3) is 0 Å². The SMILES string of the molecule is CC(C)SCCOC1CNC1. The molecule has 0 radical (unpaired) electrons. The van der Waals surface area contributed by atoms with Gasteiger partial charge in [0, 0.05) is 18.8 Å². The average molecular weight is 175 g/mol. The fourth-order valence-corrected chi connectivity index (χ4v) is 1.54. The second-order valence-corrected chi connectivity index (χ2v) is 4.75. The van der Waals surface area contributed by atoms with Gasteiger partial charge in [-0.15, -0.1) is 0 Å². The van der Waals surface area contributed by atoms with Crippen molar-refractivity contribution in [3.8, 4) is 0 Å². The first kappa shape index (κ1) is 9.36. The molecule has 0 amide bonds. The standard InChI is InChI=1S/C8H17NOS/c1-7(2)11-4-3-10-8-5-9-6-8/h7-9H,3-6H2,1-2H3. The maximum atomic E-state index is 5.54. The monoisotopic (exact) mass is 175 g/mol. The largest absolute Gasteiger partial charge is 0.375 e. The number of hydrogen-bond acceptors (Lipinski definition) is 3. The fraction of sp³-hybridized carbons (Fsp3) is 1.00. The van der Waals surface area contributed by atoms with E-state index in [1.165, 1.54) is 0 Å². The lowest BCUT2D eigenvalue weighted by molar-refractivity contribution is 0.0286. The van der Waals surface area contributed by atoms with Crippen LogP contribution in [0.15, 0.2) is 0 Å². The highest BCUT2D eigenvalue weighted by atomic mass is 32.2. The first-order valence-corrected chi connectivity index (χ1v) is 5.28. The molecule has 3 heteroatoms. The Morgan fingerprint density at radius 1 is 1.55 bits per heavy atom. The fourth-order valence-electron chi connectivity index (χ4n) is 0.879. The van der Waals surface area contributed by atoms with Crippen LogP contribution in [0, 0.1) is 0 Å². The molecule has 0 aromatic rings. The molecule has 0 unspecified atom stereocenters. The molecular weight excluding hydrogens is 158 g/mol. The van der Waals surface area contributed by atoms with Crippen molar-refractivity contribution in [2.75, 3.05) is 25.4 Å². The third kappa shape index (κ3) is 3.99. The van der Waals surface area contributed by atoms with Crippen molar-refractivity contribution in [3.05, 3.63) is 0 Å². The van der Waals surface area contributed by atoms with Gasteiger partial charge in [0.15, 0.2) is 0 Å². The topological polar surface area (TPSA) is 21.3 Å². The van der Waals surface area contributed by atoms with E-state index in [1.807, 2.05) is 11.8 Å². The van der Waals surface area contributed by atoms with Crippen molar-refractivity contribution in [2.45, 2.75) is 25.2 Å². The molecule has 0 saturated carbocycles. The lowest BCUT2D eigenvalue weighted by Gasteiger charge is -2.27. The molecule has 0 spiro atoms. The van der Waals surface area contributed by atoms with E-state index in [9.17, 15) is 0 Å². The minimum Gasteiger partial charge on any atom is -0.375 e. The van der Waals surface area contributed by atoms with Crippen LogP contribution >= 0.6 is 11.8 Å². The van der Waals surface area contributed by atoms with Gasteiger partial charge in [-0.3, -0.25) is 0 Å². The van der Waals surface area contributed by atoms with E-state index in [1.54, 1.807) is 0 Å². The zero-order valence-corrected chi connectivity index (χ0v) is 8.12. The lowest BCUT2D eigenvalue weighted by atomic mass is 10.2. The number of hydrogen-bond donors (Lipinski definition) is 1. The second-order valence-electron chi connectivity index (χ2n) is 3.07. The number of thioether (sulfide) groups is 1. The second kappa shape index (κ2) is 5.01. The van der Waals surface area contributed by atoms with Crippen LogP contribution in [0.3, 0.4) is 0 Å². The van der Waals surface area contributed by atoms with Gasteiger partial charge < -0.3 is 10.1 Å². The molecule has 1 fully saturated rings. The molecule has 1 N–H and O–H groups in total. The van der Waals surface area contributed by atoms with E-state index in [4.69, 9.17) is 4.74 Å². The molecule has 1 aliphatic heterocycles. The summed E-state index contributed by atoms with van der Waals surface area (Å²) in [6.07, 6.45) is 0.503. The van der Waals surface area contributed by atoms with E-state index >= 15 is 0 Å². The molecule has 2 nitrogen and oxygen atoms in total. The lowest BCUT2D eigenvalue weighted by Crippen LogP contribution is -2.48. The first-order chi connectivity index (χ1) is 5.29. The predicted molar refractivity (Wildman–Crippen MR) is 50.2 cm³/mol. The Bertz CT molecular complexity index is 104. The Morgan fingerprint density at radius 3 is 2.73 bits per heavy atom. The van der Waals surface area contributed by atoms with Crippen molar-refractivity contribution in [3.63, 3.8) is 0 Å². The Morgan fingerprint density at radius 2 is 2.27 bits per heavy atom. The van der Waals surface area contributed by atoms with Crippen LogP contribution < -0.4 is 5.32 Å². The number of ether oxygens (including phenoxy) is 1. The molecule has 1 saturated heterocycles. The Hall–Kier alpha value is 0.270. The third-order valence-electron chi connectivity index (χ3n) is 1.63. The smallest absolute Gasteiger partial charge is 0.0823 e. The average Bonchev–Trinajstić information content (AvgIpc) is 1.82. The minimum atomic E-state index is 0.503.